The van der Waals surface area contributed by atoms with Gasteiger partial charge in [-0.15, -0.1) is 0 Å². The summed E-state index contributed by atoms with van der Waals surface area (Å²) in [6.07, 6.45) is 0. The van der Waals surface area contributed by atoms with E-state index in [2.05, 4.69) is 8.65 Å². The second-order valence-electron chi connectivity index (χ2n) is 0.235. The van der Waals surface area contributed by atoms with Gasteiger partial charge in [0.2, 0.25) is 0 Å². The van der Waals surface area contributed by atoms with Crippen LogP contribution in [0.2, 0.25) is 0 Å². The van der Waals surface area contributed by atoms with Crippen LogP contribution in [0.25, 0.3) is 0 Å². The van der Waals surface area contributed by atoms with E-state index < -0.39 is 6.72 Å². The van der Waals surface area contributed by atoms with Gasteiger partial charge in [-0.3, -0.25) is 10.5 Å². The van der Waals surface area contributed by atoms with Gasteiger partial charge in [-0.25, -0.2) is 0 Å². The van der Waals surface area contributed by atoms with E-state index in [4.69, 9.17) is 28.9 Å². The van der Waals surface area contributed by atoms with Gasteiger partial charge in [0, 0.05) is 9.93 Å². The van der Waals surface area contributed by atoms with Crippen molar-refractivity contribution < 1.29 is 29.9 Å². The summed E-state index contributed by atoms with van der Waals surface area (Å²) in [5.41, 5.74) is 0. The van der Waals surface area contributed by atoms with Crippen LogP contribution in [0.3, 0.4) is 0 Å². The third-order valence-corrected chi connectivity index (χ3v) is 0. The molecule has 0 rings (SSSR count). The number of rotatable bonds is 0. The monoisotopic (exact) mass is 614 g/mol. The van der Waals surface area contributed by atoms with Crippen molar-refractivity contribution in [1.82, 2.24) is 0 Å². The van der Waals surface area contributed by atoms with Crippen LogP contribution in [0, 0.1) is 9.93 Å². The molecular formula is H6O8Pb2S2. The molecule has 0 heterocycles. The van der Waals surface area contributed by atoms with Crippen molar-refractivity contribution in [3.63, 3.8) is 0 Å². The molecule has 0 aliphatic rings. The minimum absolute atomic E-state index is 0. The van der Waals surface area contributed by atoms with Crippen molar-refractivity contribution in [1.29, 1.82) is 0 Å². The summed E-state index contributed by atoms with van der Waals surface area (Å²) in [4.78, 5) is 14.0. The normalized spacial score (nSPS) is 3.17. The van der Waals surface area contributed by atoms with E-state index in [9.17, 15) is 0 Å². The second-order valence-corrected chi connectivity index (χ2v) is 4.59. The third-order valence-electron chi connectivity index (χ3n) is 0. The number of hydrogen-bond donors (Lipinski definition) is 2. The molecule has 74 valence electrons. The van der Waals surface area contributed by atoms with Crippen molar-refractivity contribution in [3.05, 3.63) is 9.93 Å². The van der Waals surface area contributed by atoms with E-state index in [1.165, 1.54) is 0 Å². The van der Waals surface area contributed by atoms with Crippen molar-refractivity contribution >= 4 is 62.7 Å². The minimum atomic E-state index is -1.72. The zero-order chi connectivity index (χ0) is 9.58. The van der Waals surface area contributed by atoms with Crippen LogP contribution >= 0.6 is 8.65 Å². The molecule has 6 N–H and O–H groups in total. The molecule has 0 aliphatic heterocycles. The Balaban J connectivity index is -0.0000000101. The molecule has 12 heteroatoms. The molecule has 0 atom stereocenters. The SMILES string of the molecule is O.O.O=O.O=[S](=O)=[Pb].OO.[S]=[Pb]. The fraction of sp³-hybridized carbons (Fsp3) is 0. The molecule has 0 bridgehead atoms. The topological polar surface area (TPSA) is 172 Å². The van der Waals surface area contributed by atoms with Crippen molar-refractivity contribution in [3.8, 4) is 0 Å². The molecule has 0 unspecified atom stereocenters. The molecule has 0 fully saturated rings. The molecule has 0 saturated heterocycles. The Bertz CT molecular complexity index is 104. The van der Waals surface area contributed by atoms with Gasteiger partial charge in [-0.2, -0.15) is 0 Å². The van der Waals surface area contributed by atoms with Gasteiger partial charge in [0.1, 0.15) is 0 Å². The molecule has 4 radical (unpaired) electrons. The Morgan fingerprint density at radius 3 is 1.00 bits per heavy atom. The molecule has 12 heavy (non-hydrogen) atoms. The summed E-state index contributed by atoms with van der Waals surface area (Å²) in [5.74, 6) is 0. The first-order chi connectivity index (χ1) is 4.73. The fourth-order valence-corrected chi connectivity index (χ4v) is 0. The maximum absolute atomic E-state index is 9.06. The van der Waals surface area contributed by atoms with Crippen molar-refractivity contribution in [2.24, 2.45) is 0 Å². The summed E-state index contributed by atoms with van der Waals surface area (Å²) in [7, 11) is 4.22. The van der Waals surface area contributed by atoms with Gasteiger partial charge in [-0.1, -0.05) is 0 Å². The second kappa shape index (κ2) is 84.5. The summed E-state index contributed by atoms with van der Waals surface area (Å²) in [6.45, 7) is -1.72. The van der Waals surface area contributed by atoms with E-state index in [0.717, 1.165) is 23.7 Å². The molecule has 8 nitrogen and oxygen atoms in total. The van der Waals surface area contributed by atoms with Crippen molar-refractivity contribution in [2.45, 2.75) is 0 Å². The first-order valence-corrected chi connectivity index (χ1v) is 12.1. The number of hydrogen-bond acceptors (Lipinski definition) is 7. The molecule has 0 amide bonds. The Morgan fingerprint density at radius 2 is 1.00 bits per heavy atom. The van der Waals surface area contributed by atoms with Crippen LogP contribution in [0.4, 0.5) is 0 Å². The predicted molar refractivity (Wildman–Crippen MR) is 47.2 cm³/mol. The summed E-state index contributed by atoms with van der Waals surface area (Å²) < 4.78 is 18.1. The average Bonchev–Trinajstić information content (AvgIpc) is 1.98. The van der Waals surface area contributed by atoms with Crippen LogP contribution in [-0.2, 0) is 6.72 Å². The van der Waals surface area contributed by atoms with Gasteiger partial charge in [0.05, 0.1) is 0 Å². The molecule has 0 saturated carbocycles. The Labute approximate surface area is 101 Å². The van der Waals surface area contributed by atoms with Gasteiger partial charge in [0.25, 0.3) is 0 Å². The summed E-state index contributed by atoms with van der Waals surface area (Å²) in [6, 6.07) is 0. The standard InChI is InChI=1S/O2S.H2O2.O2.2H2O.2Pb.S/c1-3-2;2*1-2;;;;;/h;1-2H;;2*1H2;;;. The van der Waals surface area contributed by atoms with Gasteiger partial charge in [0.15, 0.2) is 0 Å². The van der Waals surface area contributed by atoms with Crippen LogP contribution in [0.15, 0.2) is 0 Å². The van der Waals surface area contributed by atoms with Crippen LogP contribution in [0.1, 0.15) is 0 Å². The van der Waals surface area contributed by atoms with E-state index in [-0.39, 0.29) is 34.6 Å². The third kappa shape index (κ3) is 688. The molecule has 0 aromatic heterocycles. The van der Waals surface area contributed by atoms with Crippen molar-refractivity contribution in [2.75, 3.05) is 0 Å². The Morgan fingerprint density at radius 1 is 1.00 bits per heavy atom. The van der Waals surface area contributed by atoms with Gasteiger partial charge in [-0.05, 0) is 0 Å². The zero-order valence-corrected chi connectivity index (χ0v) is 14.8. The van der Waals surface area contributed by atoms with E-state index in [1.54, 1.807) is 0 Å². The summed E-state index contributed by atoms with van der Waals surface area (Å²) in [5, 5.41) is 12.0. The van der Waals surface area contributed by atoms with E-state index in [1.807, 2.05) is 0 Å². The molecule has 0 aromatic rings. The Kier molecular flexibility index (Phi) is 266. The molecular weight excluding hydrogens is 607 g/mol. The maximum atomic E-state index is 9.06. The van der Waals surface area contributed by atoms with Gasteiger partial charge < -0.3 is 11.0 Å². The van der Waals surface area contributed by atoms with Gasteiger partial charge >= 0.3 is 71.2 Å². The van der Waals surface area contributed by atoms with Crippen LogP contribution in [-0.4, -0.2) is 77.3 Å². The van der Waals surface area contributed by atoms with Crippen LogP contribution < -0.4 is 0 Å². The average molecular weight is 613 g/mol. The molecule has 0 aliphatic carbocycles. The fourth-order valence-electron chi connectivity index (χ4n) is 0. The summed E-state index contributed by atoms with van der Waals surface area (Å²) >= 11 is 1.15. The Hall–Kier alpha value is 1.32. The zero-order valence-electron chi connectivity index (χ0n) is 5.34. The first kappa shape index (κ1) is 37.7. The quantitative estimate of drug-likeness (QED) is 0.175. The van der Waals surface area contributed by atoms with E-state index >= 15 is 0 Å². The van der Waals surface area contributed by atoms with Crippen LogP contribution in [0.5, 0.6) is 0 Å². The molecule has 0 spiro atoms. The van der Waals surface area contributed by atoms with E-state index in [0.29, 0.717) is 0 Å². The first-order valence-electron chi connectivity index (χ1n) is 1.11. The predicted octanol–water partition coefficient (Wildman–Crippen LogP) is -2.35. The molecule has 0 aromatic carbocycles.